The molecule has 3 nitrogen and oxygen atoms in total. The number of aryl methyl sites for hydroxylation is 1. The molecule has 0 saturated heterocycles. The van der Waals surface area contributed by atoms with Gasteiger partial charge in [0.05, 0.1) is 10.2 Å². The molecule has 0 amide bonds. The smallest absolute Gasteiger partial charge is 0.167 e. The third-order valence-electron chi connectivity index (χ3n) is 2.78. The van der Waals surface area contributed by atoms with Crippen LogP contribution in [0.5, 0.6) is 0 Å². The van der Waals surface area contributed by atoms with Crippen LogP contribution in [0.3, 0.4) is 0 Å². The lowest BCUT2D eigenvalue weighted by atomic mass is 10.3. The van der Waals surface area contributed by atoms with Gasteiger partial charge in [0, 0.05) is 18.3 Å². The molecule has 2 heterocycles. The summed E-state index contributed by atoms with van der Waals surface area (Å²) in [6.45, 7) is 2.03. The molecule has 0 aromatic carbocycles. The second-order valence-electron chi connectivity index (χ2n) is 4.28. The van der Waals surface area contributed by atoms with E-state index in [9.17, 15) is 0 Å². The Hall–Kier alpha value is -1.16. The highest BCUT2D eigenvalue weighted by atomic mass is 79.9. The zero-order valence-electron chi connectivity index (χ0n) is 9.02. The Morgan fingerprint density at radius 2 is 2.25 bits per heavy atom. The summed E-state index contributed by atoms with van der Waals surface area (Å²) in [6.07, 6.45) is 6.40. The van der Waals surface area contributed by atoms with Crippen molar-refractivity contribution in [2.75, 3.05) is 0 Å². The third-order valence-corrected chi connectivity index (χ3v) is 3.36. The van der Waals surface area contributed by atoms with Gasteiger partial charge in [-0.1, -0.05) is 0 Å². The van der Waals surface area contributed by atoms with Crippen LogP contribution in [0.2, 0.25) is 0 Å². The fourth-order valence-corrected chi connectivity index (χ4v) is 2.39. The molecule has 2 aromatic heterocycles. The Labute approximate surface area is 103 Å². The predicted octanol–water partition coefficient (Wildman–Crippen LogP) is 3.22. The van der Waals surface area contributed by atoms with Crippen molar-refractivity contribution < 1.29 is 0 Å². The molecule has 1 saturated carbocycles. The number of aromatic nitrogens is 3. The van der Waals surface area contributed by atoms with Crippen LogP contribution in [0.15, 0.2) is 29.0 Å². The molecule has 2 aromatic rings. The average Bonchev–Trinajstić information content (AvgIpc) is 2.98. The van der Waals surface area contributed by atoms with Gasteiger partial charge in [0.2, 0.25) is 0 Å². The van der Waals surface area contributed by atoms with Gasteiger partial charge in [0.15, 0.2) is 5.82 Å². The number of hydrogen-bond acceptors (Lipinski definition) is 2. The SMILES string of the molecule is Cc1cnc(-n2ccc(C3CC3)n2)c(Br)c1. The molecule has 0 atom stereocenters. The van der Waals surface area contributed by atoms with Crippen molar-refractivity contribution in [1.82, 2.24) is 14.8 Å². The van der Waals surface area contributed by atoms with Gasteiger partial charge in [0.1, 0.15) is 0 Å². The van der Waals surface area contributed by atoms with E-state index in [1.807, 2.05) is 24.0 Å². The Kier molecular flexibility index (Phi) is 2.32. The highest BCUT2D eigenvalue weighted by Gasteiger charge is 2.26. The fraction of sp³-hybridized carbons (Fsp3) is 0.333. The fourth-order valence-electron chi connectivity index (χ4n) is 1.75. The summed E-state index contributed by atoms with van der Waals surface area (Å²) < 4.78 is 2.83. The lowest BCUT2D eigenvalue weighted by Crippen LogP contribution is -2.00. The molecule has 0 radical (unpaired) electrons. The quantitative estimate of drug-likeness (QED) is 0.844. The van der Waals surface area contributed by atoms with Crippen molar-refractivity contribution in [1.29, 1.82) is 0 Å². The van der Waals surface area contributed by atoms with Gasteiger partial charge in [-0.3, -0.25) is 0 Å². The van der Waals surface area contributed by atoms with Crippen LogP contribution in [0, 0.1) is 6.92 Å². The molecule has 82 valence electrons. The van der Waals surface area contributed by atoms with Crippen molar-refractivity contribution >= 4 is 15.9 Å². The number of nitrogens with zero attached hydrogens (tertiary/aromatic N) is 3. The zero-order chi connectivity index (χ0) is 11.1. The van der Waals surface area contributed by atoms with Crippen molar-refractivity contribution in [3.63, 3.8) is 0 Å². The van der Waals surface area contributed by atoms with E-state index in [1.54, 1.807) is 0 Å². The molecule has 1 aliphatic rings. The van der Waals surface area contributed by atoms with Crippen molar-refractivity contribution in [3.8, 4) is 5.82 Å². The van der Waals surface area contributed by atoms with Crippen molar-refractivity contribution in [2.45, 2.75) is 25.7 Å². The molecule has 0 bridgehead atoms. The molecule has 1 fully saturated rings. The molecular weight excluding hydrogens is 266 g/mol. The molecule has 4 heteroatoms. The molecule has 16 heavy (non-hydrogen) atoms. The number of hydrogen-bond donors (Lipinski definition) is 0. The summed E-state index contributed by atoms with van der Waals surface area (Å²) in [5.41, 5.74) is 2.33. The summed E-state index contributed by atoms with van der Waals surface area (Å²) in [7, 11) is 0. The molecule has 0 N–H and O–H groups in total. The van der Waals surface area contributed by atoms with Gasteiger partial charge in [-0.15, -0.1) is 0 Å². The van der Waals surface area contributed by atoms with Crippen molar-refractivity contribution in [2.24, 2.45) is 0 Å². The van der Waals surface area contributed by atoms with Crippen LogP contribution < -0.4 is 0 Å². The molecule has 0 aliphatic heterocycles. The minimum atomic E-state index is 0.686. The summed E-state index contributed by atoms with van der Waals surface area (Å²) >= 11 is 3.52. The summed E-state index contributed by atoms with van der Waals surface area (Å²) in [5, 5.41) is 4.56. The van der Waals surface area contributed by atoms with Crippen LogP contribution in [-0.2, 0) is 0 Å². The third kappa shape index (κ3) is 1.78. The highest BCUT2D eigenvalue weighted by molar-refractivity contribution is 9.10. The average molecular weight is 278 g/mol. The second kappa shape index (κ2) is 3.70. The molecule has 0 unspecified atom stereocenters. The monoisotopic (exact) mass is 277 g/mol. The minimum absolute atomic E-state index is 0.686. The minimum Gasteiger partial charge on any atom is -0.236 e. The number of rotatable bonds is 2. The van der Waals surface area contributed by atoms with Gasteiger partial charge >= 0.3 is 0 Å². The highest BCUT2D eigenvalue weighted by Crippen LogP contribution is 2.39. The number of halogens is 1. The van der Waals surface area contributed by atoms with Crippen LogP contribution in [-0.4, -0.2) is 14.8 Å². The maximum atomic E-state index is 4.56. The van der Waals surface area contributed by atoms with E-state index in [-0.39, 0.29) is 0 Å². The lowest BCUT2D eigenvalue weighted by Gasteiger charge is -2.03. The van der Waals surface area contributed by atoms with Gasteiger partial charge in [0.25, 0.3) is 0 Å². The maximum Gasteiger partial charge on any atom is 0.167 e. The van der Waals surface area contributed by atoms with E-state index >= 15 is 0 Å². The summed E-state index contributed by atoms with van der Waals surface area (Å²) in [6, 6.07) is 4.15. The Morgan fingerprint density at radius 3 is 2.94 bits per heavy atom. The van der Waals surface area contributed by atoms with E-state index in [1.165, 1.54) is 18.5 Å². The first-order chi connectivity index (χ1) is 7.74. The van der Waals surface area contributed by atoms with Gasteiger partial charge in [-0.05, 0) is 53.4 Å². The first kappa shape index (κ1) is 10.0. The van der Waals surface area contributed by atoms with Gasteiger partial charge in [-0.2, -0.15) is 5.10 Å². The van der Waals surface area contributed by atoms with Gasteiger partial charge < -0.3 is 0 Å². The number of pyridine rings is 1. The second-order valence-corrected chi connectivity index (χ2v) is 5.13. The maximum absolute atomic E-state index is 4.56. The van der Waals surface area contributed by atoms with Crippen LogP contribution in [0.25, 0.3) is 5.82 Å². The Balaban J connectivity index is 2.00. The zero-order valence-corrected chi connectivity index (χ0v) is 10.6. The Bertz CT molecular complexity index is 529. The first-order valence-electron chi connectivity index (χ1n) is 5.42. The van der Waals surface area contributed by atoms with E-state index in [4.69, 9.17) is 0 Å². The van der Waals surface area contributed by atoms with Crippen LogP contribution >= 0.6 is 15.9 Å². The lowest BCUT2D eigenvalue weighted by molar-refractivity contribution is 0.807. The summed E-state index contributed by atoms with van der Waals surface area (Å²) in [4.78, 5) is 4.39. The summed E-state index contributed by atoms with van der Waals surface area (Å²) in [5.74, 6) is 1.54. The first-order valence-corrected chi connectivity index (χ1v) is 6.21. The van der Waals surface area contributed by atoms with Crippen LogP contribution in [0.1, 0.15) is 30.0 Å². The topological polar surface area (TPSA) is 30.7 Å². The predicted molar refractivity (Wildman–Crippen MR) is 65.8 cm³/mol. The largest absolute Gasteiger partial charge is 0.236 e. The van der Waals surface area contributed by atoms with E-state index in [2.05, 4.69) is 38.1 Å². The van der Waals surface area contributed by atoms with Crippen molar-refractivity contribution in [3.05, 3.63) is 40.3 Å². The molecule has 3 rings (SSSR count). The molecular formula is C12H12BrN3. The molecule has 1 aliphatic carbocycles. The van der Waals surface area contributed by atoms with E-state index in [0.29, 0.717) is 5.92 Å². The van der Waals surface area contributed by atoms with E-state index in [0.717, 1.165) is 15.9 Å². The normalized spacial score (nSPS) is 15.4. The standard InChI is InChI=1S/C12H12BrN3/c1-8-6-10(13)12(14-7-8)16-5-4-11(15-16)9-2-3-9/h4-7,9H,2-3H2,1H3. The van der Waals surface area contributed by atoms with Crippen LogP contribution in [0.4, 0.5) is 0 Å². The van der Waals surface area contributed by atoms with E-state index < -0.39 is 0 Å². The molecule has 0 spiro atoms. The van der Waals surface area contributed by atoms with Gasteiger partial charge in [-0.25, -0.2) is 9.67 Å². The Morgan fingerprint density at radius 1 is 1.44 bits per heavy atom.